The zero-order chi connectivity index (χ0) is 40.3. The number of fused-ring (bicyclic) bond motifs is 7. The molecule has 0 radical (unpaired) electrons. The summed E-state index contributed by atoms with van der Waals surface area (Å²) in [7, 11) is 0. The van der Waals surface area contributed by atoms with Crippen LogP contribution >= 0.6 is 0 Å². The van der Waals surface area contributed by atoms with E-state index < -0.39 is 0 Å². The highest BCUT2D eigenvalue weighted by Crippen LogP contribution is 2.45. The fourth-order valence-electron chi connectivity index (χ4n) is 9.42. The average Bonchev–Trinajstić information content (AvgIpc) is 3.88. The Morgan fingerprint density at radius 1 is 0.344 bits per heavy atom. The van der Waals surface area contributed by atoms with E-state index in [0.29, 0.717) is 0 Å². The molecule has 0 aliphatic carbocycles. The Bertz CT molecular complexity index is 3520. The van der Waals surface area contributed by atoms with Crippen molar-refractivity contribution in [1.82, 2.24) is 4.57 Å². The molecule has 3 nitrogen and oxygen atoms in total. The molecular weight excluding hydrogens is 741 g/mol. The maximum absolute atomic E-state index is 6.65. The Hall–Kier alpha value is -8.14. The van der Waals surface area contributed by atoms with Gasteiger partial charge in [0.15, 0.2) is 0 Å². The number of aromatic nitrogens is 1. The Morgan fingerprint density at radius 3 is 1.57 bits per heavy atom. The molecule has 12 rings (SSSR count). The van der Waals surface area contributed by atoms with Gasteiger partial charge >= 0.3 is 0 Å². The Labute approximate surface area is 353 Å². The second kappa shape index (κ2) is 14.3. The minimum atomic E-state index is 0.876. The Kier molecular flexibility index (Phi) is 8.17. The molecule has 0 unspecified atom stereocenters. The number of benzene rings is 10. The molecule has 3 heteroatoms. The zero-order valence-electron chi connectivity index (χ0n) is 33.2. The highest BCUT2D eigenvalue weighted by Gasteiger charge is 2.21. The summed E-state index contributed by atoms with van der Waals surface area (Å²) in [6, 6.07) is 82.9. The lowest BCUT2D eigenvalue weighted by atomic mass is 9.91. The van der Waals surface area contributed by atoms with E-state index in [1.807, 2.05) is 6.07 Å². The van der Waals surface area contributed by atoms with Gasteiger partial charge in [0.25, 0.3) is 0 Å². The maximum Gasteiger partial charge on any atom is 0.143 e. The first-order chi connectivity index (χ1) is 30.3. The smallest absolute Gasteiger partial charge is 0.143 e. The second-order valence-electron chi connectivity index (χ2n) is 15.7. The first kappa shape index (κ1) is 34.9. The summed E-state index contributed by atoms with van der Waals surface area (Å²) in [4.78, 5) is 2.40. The Morgan fingerprint density at radius 2 is 0.902 bits per heavy atom. The lowest BCUT2D eigenvalue weighted by Crippen LogP contribution is -2.11. The number of hydrogen-bond donors (Lipinski definition) is 0. The zero-order valence-corrected chi connectivity index (χ0v) is 33.2. The highest BCUT2D eigenvalue weighted by molar-refractivity contribution is 6.12. The van der Waals surface area contributed by atoms with Crippen LogP contribution in [0.4, 0.5) is 17.1 Å². The van der Waals surface area contributed by atoms with E-state index in [2.05, 4.69) is 234 Å². The average molecular weight is 779 g/mol. The molecular formula is C58H38N2O. The van der Waals surface area contributed by atoms with E-state index in [0.717, 1.165) is 61.4 Å². The number of hydrogen-bond acceptors (Lipinski definition) is 2. The number of rotatable bonds is 7. The normalized spacial score (nSPS) is 11.6. The summed E-state index contributed by atoms with van der Waals surface area (Å²) >= 11 is 0. The SMILES string of the molecule is c1ccc(-c2cc(N(c3ccc(-c4cccc5cccc(-c6ccccc6)c45)cc3)c3cccc(-n4c5ccccc5c5ccccc54)c3)cc3c2oc2ccccc23)cc1. The van der Waals surface area contributed by atoms with Crippen LogP contribution < -0.4 is 4.90 Å². The Balaban J connectivity index is 1.08. The standard InChI is InChI=1S/C58H38N2O/c1-3-16-39(17-4-1)47-27-13-20-42-21-14-28-48(57(42)47)41-32-34-43(35-33-41)59(44-22-15-23-45(36-44)60-54-29-10-7-24-49(54)50-25-8-11-30-55(50)60)46-37-52(40-18-5-2-6-19-40)58-53(38-46)51-26-9-12-31-56(51)61-58/h1-38H. The first-order valence-corrected chi connectivity index (χ1v) is 20.8. The van der Waals surface area contributed by atoms with Crippen molar-refractivity contribution >= 4 is 71.6 Å². The largest absolute Gasteiger partial charge is 0.455 e. The van der Waals surface area contributed by atoms with E-state index in [9.17, 15) is 0 Å². The second-order valence-corrected chi connectivity index (χ2v) is 15.7. The maximum atomic E-state index is 6.65. The van der Waals surface area contributed by atoms with Gasteiger partial charge < -0.3 is 13.9 Å². The molecule has 12 aromatic rings. The van der Waals surface area contributed by atoms with Crippen LogP contribution in [0, 0.1) is 0 Å². The van der Waals surface area contributed by atoms with Gasteiger partial charge in [-0.15, -0.1) is 0 Å². The molecule has 0 atom stereocenters. The van der Waals surface area contributed by atoms with Gasteiger partial charge in [0.1, 0.15) is 11.2 Å². The summed E-state index contributed by atoms with van der Waals surface area (Å²) in [5, 5.41) is 7.13. The van der Waals surface area contributed by atoms with Crippen LogP contribution in [0.25, 0.3) is 93.6 Å². The van der Waals surface area contributed by atoms with Crippen molar-refractivity contribution in [3.63, 3.8) is 0 Å². The van der Waals surface area contributed by atoms with Crippen molar-refractivity contribution in [3.05, 3.63) is 231 Å². The minimum absolute atomic E-state index is 0.876. The summed E-state index contributed by atoms with van der Waals surface area (Å²) < 4.78 is 9.04. The van der Waals surface area contributed by atoms with Crippen LogP contribution in [0.2, 0.25) is 0 Å². The van der Waals surface area contributed by atoms with Crippen LogP contribution in [0.1, 0.15) is 0 Å². The molecule has 0 saturated carbocycles. The lowest BCUT2D eigenvalue weighted by Gasteiger charge is -2.27. The summed E-state index contributed by atoms with van der Waals surface area (Å²) in [6.45, 7) is 0. The van der Waals surface area contributed by atoms with E-state index in [4.69, 9.17) is 4.42 Å². The lowest BCUT2D eigenvalue weighted by molar-refractivity contribution is 0.670. The van der Waals surface area contributed by atoms with Crippen LogP contribution in [0.5, 0.6) is 0 Å². The van der Waals surface area contributed by atoms with E-state index in [1.165, 1.54) is 49.3 Å². The fraction of sp³-hybridized carbons (Fsp3) is 0. The molecule has 0 amide bonds. The summed E-state index contributed by atoms with van der Waals surface area (Å²) in [5.74, 6) is 0. The molecule has 10 aromatic carbocycles. The van der Waals surface area contributed by atoms with Crippen molar-refractivity contribution < 1.29 is 4.42 Å². The quantitative estimate of drug-likeness (QED) is 0.161. The van der Waals surface area contributed by atoms with Crippen LogP contribution in [0.3, 0.4) is 0 Å². The van der Waals surface area contributed by atoms with Gasteiger partial charge in [-0.1, -0.05) is 170 Å². The topological polar surface area (TPSA) is 21.3 Å². The van der Waals surface area contributed by atoms with Crippen molar-refractivity contribution in [1.29, 1.82) is 0 Å². The molecule has 0 fully saturated rings. The number of anilines is 3. The predicted octanol–water partition coefficient (Wildman–Crippen LogP) is 16.3. The summed E-state index contributed by atoms with van der Waals surface area (Å²) in [6.07, 6.45) is 0. The molecule has 0 aliphatic rings. The number of para-hydroxylation sites is 3. The van der Waals surface area contributed by atoms with Crippen LogP contribution in [0.15, 0.2) is 235 Å². The third kappa shape index (κ3) is 5.82. The van der Waals surface area contributed by atoms with Crippen molar-refractivity contribution in [3.8, 4) is 39.1 Å². The van der Waals surface area contributed by atoms with Gasteiger partial charge in [0, 0.05) is 49.9 Å². The fourth-order valence-corrected chi connectivity index (χ4v) is 9.42. The third-order valence-corrected chi connectivity index (χ3v) is 12.2. The van der Waals surface area contributed by atoms with Crippen molar-refractivity contribution in [2.75, 3.05) is 4.90 Å². The van der Waals surface area contributed by atoms with Gasteiger partial charge in [-0.3, -0.25) is 0 Å². The molecule has 0 bridgehead atoms. The minimum Gasteiger partial charge on any atom is -0.455 e. The molecule has 2 heterocycles. The van der Waals surface area contributed by atoms with Gasteiger partial charge in [-0.25, -0.2) is 0 Å². The number of furan rings is 1. The van der Waals surface area contributed by atoms with E-state index in [-0.39, 0.29) is 0 Å². The monoisotopic (exact) mass is 778 g/mol. The van der Waals surface area contributed by atoms with E-state index >= 15 is 0 Å². The predicted molar refractivity (Wildman–Crippen MR) is 257 cm³/mol. The van der Waals surface area contributed by atoms with Crippen molar-refractivity contribution in [2.45, 2.75) is 0 Å². The molecule has 0 spiro atoms. The molecule has 0 saturated heterocycles. The van der Waals surface area contributed by atoms with Crippen LogP contribution in [-0.2, 0) is 0 Å². The first-order valence-electron chi connectivity index (χ1n) is 20.8. The molecule has 286 valence electrons. The molecule has 61 heavy (non-hydrogen) atoms. The molecule has 2 aromatic heterocycles. The van der Waals surface area contributed by atoms with Gasteiger partial charge in [0.05, 0.1) is 11.0 Å². The van der Waals surface area contributed by atoms with Gasteiger partial charge in [0.2, 0.25) is 0 Å². The van der Waals surface area contributed by atoms with Gasteiger partial charge in [-0.05, 0) is 99.3 Å². The highest BCUT2D eigenvalue weighted by atomic mass is 16.3. The van der Waals surface area contributed by atoms with E-state index in [1.54, 1.807) is 0 Å². The van der Waals surface area contributed by atoms with Gasteiger partial charge in [-0.2, -0.15) is 0 Å². The summed E-state index contributed by atoms with van der Waals surface area (Å²) in [5.41, 5.74) is 15.3. The van der Waals surface area contributed by atoms with Crippen molar-refractivity contribution in [2.24, 2.45) is 0 Å². The molecule has 0 N–H and O–H groups in total. The third-order valence-electron chi connectivity index (χ3n) is 12.2. The molecule has 0 aliphatic heterocycles. The number of nitrogens with zero attached hydrogens (tertiary/aromatic N) is 2. The van der Waals surface area contributed by atoms with Crippen LogP contribution in [-0.4, -0.2) is 4.57 Å².